The van der Waals surface area contributed by atoms with Crippen LogP contribution >= 0.6 is 0 Å². The minimum Gasteiger partial charge on any atom is -0.0845 e. The summed E-state index contributed by atoms with van der Waals surface area (Å²) in [6, 6.07) is 0. The Morgan fingerprint density at radius 1 is 0.833 bits per heavy atom. The number of hydrogen-bond acceptors (Lipinski definition) is 0. The van der Waals surface area contributed by atoms with E-state index in [9.17, 15) is 0 Å². The van der Waals surface area contributed by atoms with E-state index < -0.39 is 0 Å². The zero-order chi connectivity index (χ0) is 21.7. The third-order valence-corrected chi connectivity index (χ3v) is 12.5. The molecule has 0 radical (unpaired) electrons. The van der Waals surface area contributed by atoms with Crippen molar-refractivity contribution in [3.8, 4) is 0 Å². The Morgan fingerprint density at radius 3 is 2.23 bits per heavy atom. The molecule has 5 rings (SSSR count). The van der Waals surface area contributed by atoms with Gasteiger partial charge in [-0.05, 0) is 116 Å². The molecular formula is C30H48. The van der Waals surface area contributed by atoms with E-state index in [-0.39, 0.29) is 0 Å². The molecule has 0 N–H and O–H groups in total. The third kappa shape index (κ3) is 2.46. The zero-order valence-corrected chi connectivity index (χ0v) is 21.3. The van der Waals surface area contributed by atoms with E-state index in [1.54, 1.807) is 5.57 Å². The normalized spacial score (nSPS) is 49.8. The molecule has 30 heavy (non-hydrogen) atoms. The largest absolute Gasteiger partial charge is 0.0845 e. The molecule has 0 amide bonds. The lowest BCUT2D eigenvalue weighted by Gasteiger charge is -2.71. The fourth-order valence-electron chi connectivity index (χ4n) is 10.4. The summed E-state index contributed by atoms with van der Waals surface area (Å²) in [6.07, 6.45) is 15.7. The summed E-state index contributed by atoms with van der Waals surface area (Å²) in [5.74, 6) is 4.34. The molecule has 0 saturated heterocycles. The summed E-state index contributed by atoms with van der Waals surface area (Å²) in [6.45, 7) is 20.7. The Kier molecular flexibility index (Phi) is 4.63. The lowest BCUT2D eigenvalue weighted by atomic mass is 9.34. The molecule has 0 aromatic rings. The molecule has 0 aromatic heterocycles. The van der Waals surface area contributed by atoms with E-state index in [2.05, 4.69) is 61.5 Å². The van der Waals surface area contributed by atoms with Gasteiger partial charge in [0.2, 0.25) is 0 Å². The predicted molar refractivity (Wildman–Crippen MR) is 129 cm³/mol. The molecule has 0 bridgehead atoms. The van der Waals surface area contributed by atoms with E-state index in [0.717, 1.165) is 29.6 Å². The Balaban J connectivity index is 1.58. The van der Waals surface area contributed by atoms with Crippen molar-refractivity contribution in [3.05, 3.63) is 22.8 Å². The van der Waals surface area contributed by atoms with Crippen molar-refractivity contribution in [2.24, 2.45) is 51.2 Å². The van der Waals surface area contributed by atoms with E-state index in [1.807, 2.05) is 11.1 Å². The van der Waals surface area contributed by atoms with Crippen molar-refractivity contribution in [2.45, 2.75) is 113 Å². The highest BCUT2D eigenvalue weighted by Gasteiger charge is 2.67. The monoisotopic (exact) mass is 408 g/mol. The molecule has 1 unspecified atom stereocenters. The van der Waals surface area contributed by atoms with Crippen molar-refractivity contribution in [1.29, 1.82) is 0 Å². The molecule has 0 spiro atoms. The third-order valence-electron chi connectivity index (χ3n) is 12.5. The zero-order valence-electron chi connectivity index (χ0n) is 21.3. The predicted octanol–water partition coefficient (Wildman–Crippen LogP) is 8.97. The second-order valence-electron chi connectivity index (χ2n) is 13.8. The fraction of sp³-hybridized carbons (Fsp3) is 0.867. The van der Waals surface area contributed by atoms with E-state index in [0.29, 0.717) is 21.7 Å². The minimum atomic E-state index is 0.378. The maximum absolute atomic E-state index is 2.77. The molecule has 0 nitrogen and oxygen atoms in total. The molecule has 0 aromatic carbocycles. The van der Waals surface area contributed by atoms with Gasteiger partial charge in [0.05, 0.1) is 0 Å². The Hall–Kier alpha value is -0.520. The van der Waals surface area contributed by atoms with Crippen LogP contribution in [0, 0.1) is 51.2 Å². The first-order chi connectivity index (χ1) is 14.0. The van der Waals surface area contributed by atoms with Crippen LogP contribution in [0.3, 0.4) is 0 Å². The summed E-state index contributed by atoms with van der Waals surface area (Å²) >= 11 is 0. The Bertz CT molecular complexity index is 793. The van der Waals surface area contributed by atoms with E-state index in [1.165, 1.54) is 57.8 Å². The SMILES string of the molecule is CC1=CC[C@]2(C)[C@H]3CC[C@@H]4C5=C(C(C)C)CCC5CC[C@@]4(C)[C@]3(C)CC[C@H]2C1(C)C. The lowest BCUT2D eigenvalue weighted by Crippen LogP contribution is -2.63. The molecule has 7 atom stereocenters. The van der Waals surface area contributed by atoms with Crippen LogP contribution in [0.1, 0.15) is 113 Å². The van der Waals surface area contributed by atoms with Crippen LogP contribution in [0.2, 0.25) is 0 Å². The van der Waals surface area contributed by atoms with Gasteiger partial charge in [-0.15, -0.1) is 0 Å². The maximum Gasteiger partial charge on any atom is -0.0114 e. The highest BCUT2D eigenvalue weighted by molar-refractivity contribution is 5.34. The second kappa shape index (κ2) is 6.51. The average molecular weight is 409 g/mol. The van der Waals surface area contributed by atoms with Gasteiger partial charge in [0.1, 0.15) is 0 Å². The molecule has 5 aliphatic carbocycles. The van der Waals surface area contributed by atoms with E-state index >= 15 is 0 Å². The summed E-state index contributed by atoms with van der Waals surface area (Å²) in [4.78, 5) is 0. The first-order valence-electron chi connectivity index (χ1n) is 13.4. The highest BCUT2D eigenvalue weighted by Crippen LogP contribution is 2.75. The molecule has 168 valence electrons. The van der Waals surface area contributed by atoms with Crippen LogP contribution in [-0.4, -0.2) is 0 Å². The van der Waals surface area contributed by atoms with Crippen LogP contribution in [-0.2, 0) is 0 Å². The van der Waals surface area contributed by atoms with Crippen LogP contribution in [0.4, 0.5) is 0 Å². The molecule has 5 aliphatic rings. The summed E-state index contributed by atoms with van der Waals surface area (Å²) < 4.78 is 0. The Morgan fingerprint density at radius 2 is 1.53 bits per heavy atom. The van der Waals surface area contributed by atoms with E-state index in [4.69, 9.17) is 0 Å². The second-order valence-corrected chi connectivity index (χ2v) is 13.8. The Labute approximate surface area is 187 Å². The van der Waals surface area contributed by atoms with Crippen LogP contribution < -0.4 is 0 Å². The van der Waals surface area contributed by atoms with Gasteiger partial charge in [-0.3, -0.25) is 0 Å². The summed E-state index contributed by atoms with van der Waals surface area (Å²) in [5, 5.41) is 0. The minimum absolute atomic E-state index is 0.378. The molecule has 0 aliphatic heterocycles. The topological polar surface area (TPSA) is 0 Å². The van der Waals surface area contributed by atoms with Crippen molar-refractivity contribution in [2.75, 3.05) is 0 Å². The highest BCUT2D eigenvalue weighted by atomic mass is 14.7. The molecule has 0 heterocycles. The van der Waals surface area contributed by atoms with Gasteiger partial charge in [-0.25, -0.2) is 0 Å². The summed E-state index contributed by atoms with van der Waals surface area (Å²) in [7, 11) is 0. The van der Waals surface area contributed by atoms with Gasteiger partial charge in [0.25, 0.3) is 0 Å². The van der Waals surface area contributed by atoms with Crippen LogP contribution in [0.25, 0.3) is 0 Å². The van der Waals surface area contributed by atoms with Gasteiger partial charge in [0.15, 0.2) is 0 Å². The van der Waals surface area contributed by atoms with Gasteiger partial charge >= 0.3 is 0 Å². The lowest BCUT2D eigenvalue weighted by molar-refractivity contribution is -0.195. The van der Waals surface area contributed by atoms with Crippen molar-refractivity contribution >= 4 is 0 Å². The van der Waals surface area contributed by atoms with Gasteiger partial charge in [-0.2, -0.15) is 0 Å². The van der Waals surface area contributed by atoms with Crippen molar-refractivity contribution in [3.63, 3.8) is 0 Å². The number of fused-ring (bicyclic) bond motifs is 7. The number of hydrogen-bond donors (Lipinski definition) is 0. The van der Waals surface area contributed by atoms with Crippen LogP contribution in [0.15, 0.2) is 22.8 Å². The standard InChI is InChI=1S/C30H48/c1-19(2)22-10-9-21-14-17-29(7)23(26(21)22)11-12-25-28(6)16-13-20(3)27(4,5)24(28)15-18-30(25,29)8/h13,19,21,23-25H,9-12,14-18H2,1-8H3/t21?,23-,24+,25-,28+,29-,30-/m1/s1. The first-order valence-corrected chi connectivity index (χ1v) is 13.4. The van der Waals surface area contributed by atoms with Crippen molar-refractivity contribution in [1.82, 2.24) is 0 Å². The summed E-state index contributed by atoms with van der Waals surface area (Å²) in [5.41, 5.74) is 7.43. The average Bonchev–Trinajstić information content (AvgIpc) is 3.10. The molecule has 3 fully saturated rings. The van der Waals surface area contributed by atoms with Gasteiger partial charge in [0, 0.05) is 0 Å². The quantitative estimate of drug-likeness (QED) is 0.380. The van der Waals surface area contributed by atoms with Gasteiger partial charge < -0.3 is 0 Å². The number of allylic oxidation sites excluding steroid dienone is 4. The first kappa shape index (κ1) is 21.3. The molecule has 3 saturated carbocycles. The van der Waals surface area contributed by atoms with Gasteiger partial charge in [-0.1, -0.05) is 71.3 Å². The maximum atomic E-state index is 2.77. The smallest absolute Gasteiger partial charge is 0.0114 e. The molecule has 0 heteroatoms. The molecular weight excluding hydrogens is 360 g/mol. The van der Waals surface area contributed by atoms with Crippen LogP contribution in [0.5, 0.6) is 0 Å². The van der Waals surface area contributed by atoms with Crippen molar-refractivity contribution < 1.29 is 0 Å². The fourth-order valence-corrected chi connectivity index (χ4v) is 10.4. The number of rotatable bonds is 1.